The molecule has 1 saturated heterocycles. The van der Waals surface area contributed by atoms with E-state index in [-0.39, 0.29) is 33.7 Å². The number of carbonyl (C=O) groups excluding carboxylic acids is 1. The number of methoxy groups -OCH3 is 1. The Labute approximate surface area is 239 Å². The number of alkyl halides is 3. The molecule has 210 valence electrons. The van der Waals surface area contributed by atoms with Crippen LogP contribution in [0.4, 0.5) is 24.5 Å². The number of sulfonamides is 1. The van der Waals surface area contributed by atoms with Crippen LogP contribution in [0.5, 0.6) is 5.75 Å². The molecule has 14 heteroatoms. The van der Waals surface area contributed by atoms with Crippen molar-refractivity contribution < 1.29 is 31.1 Å². The number of nitrogens with one attached hydrogen (secondary N) is 1. The van der Waals surface area contributed by atoms with E-state index in [1.54, 1.807) is 7.11 Å². The van der Waals surface area contributed by atoms with Crippen molar-refractivity contribution in [3.63, 3.8) is 0 Å². The van der Waals surface area contributed by atoms with Crippen LogP contribution in [0.2, 0.25) is 10.0 Å². The molecule has 7 nitrogen and oxygen atoms in total. The second-order valence-electron chi connectivity index (χ2n) is 8.40. The van der Waals surface area contributed by atoms with Crippen molar-refractivity contribution in [2.75, 3.05) is 42.9 Å². The second kappa shape index (κ2) is 12.1. The first-order chi connectivity index (χ1) is 17.9. The number of nitrogens with zero attached hydrogens (tertiary/aromatic N) is 2. The highest BCUT2D eigenvalue weighted by Crippen LogP contribution is 2.34. The van der Waals surface area contributed by atoms with E-state index in [1.165, 1.54) is 11.0 Å². The van der Waals surface area contributed by atoms with Crippen molar-refractivity contribution in [2.45, 2.75) is 11.1 Å². The number of hydrogen-bond donors (Lipinski definition) is 1. The summed E-state index contributed by atoms with van der Waals surface area (Å²) >= 11 is 12.4. The quantitative estimate of drug-likeness (QED) is 0.353. The van der Waals surface area contributed by atoms with Gasteiger partial charge in [-0.3, -0.25) is 9.52 Å². The number of para-hydroxylation sites is 2. The molecule has 1 heterocycles. The molecular weight excluding hydrogens is 602 g/mol. The Bertz CT molecular complexity index is 1460. The fourth-order valence-corrected chi connectivity index (χ4v) is 5.98. The summed E-state index contributed by atoms with van der Waals surface area (Å²) < 4.78 is 72.7. The number of amides is 1. The van der Waals surface area contributed by atoms with Gasteiger partial charge in [0.05, 0.1) is 34.0 Å². The van der Waals surface area contributed by atoms with Gasteiger partial charge in [-0.15, -0.1) is 12.4 Å². The van der Waals surface area contributed by atoms with Crippen molar-refractivity contribution in [2.24, 2.45) is 0 Å². The van der Waals surface area contributed by atoms with Gasteiger partial charge in [0.15, 0.2) is 0 Å². The molecule has 0 spiro atoms. The summed E-state index contributed by atoms with van der Waals surface area (Å²) in [6.45, 7) is 1.67. The summed E-state index contributed by atoms with van der Waals surface area (Å²) in [6, 6.07) is 13.4. The zero-order valence-electron chi connectivity index (χ0n) is 20.3. The van der Waals surface area contributed by atoms with E-state index in [4.69, 9.17) is 27.9 Å². The minimum atomic E-state index is -4.66. The molecule has 3 aromatic carbocycles. The van der Waals surface area contributed by atoms with Gasteiger partial charge in [0.1, 0.15) is 10.6 Å². The highest BCUT2D eigenvalue weighted by molar-refractivity contribution is 7.92. The first-order valence-electron chi connectivity index (χ1n) is 11.3. The van der Waals surface area contributed by atoms with E-state index >= 15 is 0 Å². The summed E-state index contributed by atoms with van der Waals surface area (Å²) in [5, 5.41) is -0.336. The maximum absolute atomic E-state index is 13.3. The van der Waals surface area contributed by atoms with Gasteiger partial charge < -0.3 is 14.5 Å². The molecule has 0 aromatic heterocycles. The van der Waals surface area contributed by atoms with Crippen LogP contribution in [-0.4, -0.2) is 52.5 Å². The lowest BCUT2D eigenvalue weighted by Gasteiger charge is -2.36. The van der Waals surface area contributed by atoms with Crippen LogP contribution < -0.4 is 14.4 Å². The molecule has 3 aromatic rings. The van der Waals surface area contributed by atoms with Crippen molar-refractivity contribution in [3.05, 3.63) is 81.8 Å². The summed E-state index contributed by atoms with van der Waals surface area (Å²) in [5.74, 6) is 0.206. The van der Waals surface area contributed by atoms with E-state index in [2.05, 4.69) is 9.62 Å². The predicted octanol–water partition coefficient (Wildman–Crippen LogP) is 6.21. The van der Waals surface area contributed by atoms with E-state index in [0.29, 0.717) is 38.0 Å². The molecule has 1 N–H and O–H groups in total. The molecular formula is C25H23Cl3F3N3O4S. The predicted molar refractivity (Wildman–Crippen MR) is 147 cm³/mol. The molecule has 1 amide bonds. The normalized spacial score (nSPS) is 14.0. The number of rotatable bonds is 6. The van der Waals surface area contributed by atoms with Crippen LogP contribution in [0.25, 0.3) is 0 Å². The summed E-state index contributed by atoms with van der Waals surface area (Å²) in [6.07, 6.45) is -4.66. The lowest BCUT2D eigenvalue weighted by molar-refractivity contribution is -0.137. The number of piperazine rings is 1. The third kappa shape index (κ3) is 6.84. The van der Waals surface area contributed by atoms with Crippen LogP contribution in [0.3, 0.4) is 0 Å². The number of anilines is 2. The van der Waals surface area contributed by atoms with E-state index in [9.17, 15) is 26.4 Å². The van der Waals surface area contributed by atoms with Crippen LogP contribution in [0.1, 0.15) is 15.9 Å². The van der Waals surface area contributed by atoms with E-state index < -0.39 is 32.6 Å². The fraction of sp³-hybridized carbons (Fsp3) is 0.240. The van der Waals surface area contributed by atoms with Gasteiger partial charge in [0.2, 0.25) is 0 Å². The van der Waals surface area contributed by atoms with Gasteiger partial charge in [0.25, 0.3) is 15.9 Å². The molecule has 0 saturated carbocycles. The number of ether oxygens (including phenoxy) is 1. The van der Waals surface area contributed by atoms with Crippen molar-refractivity contribution in [1.29, 1.82) is 0 Å². The molecule has 39 heavy (non-hydrogen) atoms. The van der Waals surface area contributed by atoms with Crippen LogP contribution in [-0.2, 0) is 16.2 Å². The van der Waals surface area contributed by atoms with Gasteiger partial charge in [-0.05, 0) is 42.5 Å². The minimum Gasteiger partial charge on any atom is -0.495 e. The van der Waals surface area contributed by atoms with Gasteiger partial charge >= 0.3 is 6.18 Å². The van der Waals surface area contributed by atoms with Gasteiger partial charge in [0, 0.05) is 31.9 Å². The fourth-order valence-electron chi connectivity index (χ4n) is 4.08. The summed E-state index contributed by atoms with van der Waals surface area (Å²) in [4.78, 5) is 16.4. The Morgan fingerprint density at radius 3 is 2.26 bits per heavy atom. The third-order valence-electron chi connectivity index (χ3n) is 5.98. The molecule has 1 fully saturated rings. The van der Waals surface area contributed by atoms with Crippen molar-refractivity contribution >= 4 is 62.9 Å². The maximum atomic E-state index is 13.3. The minimum absolute atomic E-state index is 0. The Hall–Kier alpha value is -2.86. The largest absolute Gasteiger partial charge is 0.495 e. The zero-order valence-corrected chi connectivity index (χ0v) is 23.5. The highest BCUT2D eigenvalue weighted by Gasteiger charge is 2.31. The number of benzene rings is 3. The van der Waals surface area contributed by atoms with Crippen LogP contribution >= 0.6 is 35.6 Å². The van der Waals surface area contributed by atoms with Crippen molar-refractivity contribution in [1.82, 2.24) is 4.90 Å². The Balaban J connectivity index is 0.00000420. The van der Waals surface area contributed by atoms with E-state index in [0.717, 1.165) is 30.0 Å². The lowest BCUT2D eigenvalue weighted by Crippen LogP contribution is -2.49. The molecule has 4 rings (SSSR count). The average molecular weight is 625 g/mol. The Morgan fingerprint density at radius 2 is 1.62 bits per heavy atom. The molecule has 0 unspecified atom stereocenters. The number of carbonyl (C=O) groups is 1. The summed E-state index contributed by atoms with van der Waals surface area (Å²) in [5.41, 5.74) is -0.541. The summed E-state index contributed by atoms with van der Waals surface area (Å²) in [7, 11) is -2.89. The van der Waals surface area contributed by atoms with Gasteiger partial charge in [-0.25, -0.2) is 8.42 Å². The second-order valence-corrected chi connectivity index (χ2v) is 10.9. The van der Waals surface area contributed by atoms with Crippen LogP contribution in [0, 0.1) is 0 Å². The maximum Gasteiger partial charge on any atom is 0.416 e. The zero-order chi connectivity index (χ0) is 27.7. The lowest BCUT2D eigenvalue weighted by atomic mass is 10.1. The number of hydrogen-bond acceptors (Lipinski definition) is 5. The highest BCUT2D eigenvalue weighted by atomic mass is 35.5. The van der Waals surface area contributed by atoms with E-state index in [1.807, 2.05) is 24.3 Å². The third-order valence-corrected chi connectivity index (χ3v) is 8.14. The molecule has 0 atom stereocenters. The van der Waals surface area contributed by atoms with Crippen molar-refractivity contribution in [3.8, 4) is 5.75 Å². The molecule has 0 radical (unpaired) electrons. The standard InChI is InChI=1S/C25H22Cl2F3N3O4S.ClH/c1-37-22-8-3-2-7-21(22)32-9-11-33(12-10-32)24(34)18-14-23(20(27)15-19(18)26)38(35,36)31-17-6-4-5-16(13-17)25(28,29)30;/h2-8,13-15,31H,9-12H2,1H3;1H. The van der Waals surface area contributed by atoms with Crippen LogP contribution in [0.15, 0.2) is 65.6 Å². The smallest absolute Gasteiger partial charge is 0.416 e. The molecule has 0 bridgehead atoms. The SMILES string of the molecule is COc1ccccc1N1CCN(C(=O)c2cc(S(=O)(=O)Nc3cccc(C(F)(F)F)c3)c(Cl)cc2Cl)CC1.Cl. The Kier molecular flexibility index (Phi) is 9.53. The van der Waals surface area contributed by atoms with Gasteiger partial charge in [-0.1, -0.05) is 41.4 Å². The molecule has 1 aliphatic rings. The monoisotopic (exact) mass is 623 g/mol. The first kappa shape index (κ1) is 30.7. The molecule has 1 aliphatic heterocycles. The number of halogens is 6. The topological polar surface area (TPSA) is 79.0 Å². The Morgan fingerprint density at radius 1 is 0.949 bits per heavy atom. The van der Waals surface area contributed by atoms with Gasteiger partial charge in [-0.2, -0.15) is 13.2 Å². The molecule has 0 aliphatic carbocycles. The average Bonchev–Trinajstić information content (AvgIpc) is 2.87. The first-order valence-corrected chi connectivity index (χ1v) is 13.5.